The van der Waals surface area contributed by atoms with Crippen molar-refractivity contribution in [3.63, 3.8) is 0 Å². The quantitative estimate of drug-likeness (QED) is 0.415. The standard InChI is InChI=1S/2C3H2Cl2O2.Hg/c2*4-1-2(5)3(6)7;/h2*1H,(H,6,7);/q;;+2/p-2. The Kier molecular flexibility index (Phi) is 17.5. The summed E-state index contributed by atoms with van der Waals surface area (Å²) in [7, 11) is 0. The van der Waals surface area contributed by atoms with Crippen LogP contribution in [0.1, 0.15) is 0 Å². The van der Waals surface area contributed by atoms with Crippen LogP contribution in [0.15, 0.2) is 21.1 Å². The van der Waals surface area contributed by atoms with Crippen LogP contribution in [0.5, 0.6) is 0 Å². The van der Waals surface area contributed by atoms with Crippen LogP contribution in [0.4, 0.5) is 0 Å². The van der Waals surface area contributed by atoms with E-state index in [4.69, 9.17) is 46.4 Å². The largest absolute Gasteiger partial charge is 2.00 e. The number of carboxylic acid groups (broad SMARTS) is 2. The molecule has 80 valence electrons. The molecule has 0 fully saturated rings. The van der Waals surface area contributed by atoms with Gasteiger partial charge in [-0.15, -0.1) is 0 Å². The zero-order chi connectivity index (χ0) is 11.7. The van der Waals surface area contributed by atoms with Crippen molar-refractivity contribution in [1.29, 1.82) is 0 Å². The summed E-state index contributed by atoms with van der Waals surface area (Å²) in [5.41, 5.74) is 1.47. The second-order valence-electron chi connectivity index (χ2n) is 1.49. The van der Waals surface area contributed by atoms with Crippen molar-refractivity contribution >= 4 is 58.3 Å². The maximum atomic E-state index is 9.53. The number of carbonyl (C=O) groups excluding carboxylic acids is 2. The Morgan fingerprint density at radius 1 is 0.867 bits per heavy atom. The van der Waals surface area contributed by atoms with E-state index >= 15 is 0 Å². The first-order chi connectivity index (χ1) is 6.36. The predicted octanol–water partition coefficient (Wildman–Crippen LogP) is 0.108. The minimum Gasteiger partial charge on any atom is -0.544 e. The Balaban J connectivity index is -0.000000180. The molecule has 15 heavy (non-hydrogen) atoms. The van der Waals surface area contributed by atoms with Crippen LogP contribution < -0.4 is 10.2 Å². The van der Waals surface area contributed by atoms with Gasteiger partial charge in [0.25, 0.3) is 0 Å². The van der Waals surface area contributed by atoms with Crippen molar-refractivity contribution in [2.24, 2.45) is 0 Å². The molecule has 0 spiro atoms. The zero-order valence-electron chi connectivity index (χ0n) is 7.01. The summed E-state index contributed by atoms with van der Waals surface area (Å²) in [6, 6.07) is 0. The molecule has 0 amide bonds. The first kappa shape index (κ1) is 20.9. The molecule has 0 radical (unpaired) electrons. The number of hydrogen-bond acceptors (Lipinski definition) is 4. The molecule has 0 aliphatic carbocycles. The predicted molar refractivity (Wildman–Crippen MR) is 49.6 cm³/mol. The topological polar surface area (TPSA) is 80.3 Å². The van der Waals surface area contributed by atoms with Crippen molar-refractivity contribution < 1.29 is 47.5 Å². The smallest absolute Gasteiger partial charge is 0.544 e. The van der Waals surface area contributed by atoms with Crippen LogP contribution in [0.2, 0.25) is 0 Å². The van der Waals surface area contributed by atoms with Crippen LogP contribution in [0.25, 0.3) is 0 Å². The van der Waals surface area contributed by atoms with E-state index in [1.165, 1.54) is 0 Å². The molecule has 9 heteroatoms. The van der Waals surface area contributed by atoms with Gasteiger partial charge in [0, 0.05) is 11.1 Å². The van der Waals surface area contributed by atoms with Gasteiger partial charge in [-0.1, -0.05) is 46.4 Å². The monoisotopic (exact) mass is 480 g/mol. The molecule has 0 atom stereocenters. The number of carboxylic acids is 2. The van der Waals surface area contributed by atoms with Gasteiger partial charge < -0.3 is 19.8 Å². The van der Waals surface area contributed by atoms with E-state index < -0.39 is 22.0 Å². The Bertz CT molecular complexity index is 248. The summed E-state index contributed by atoms with van der Waals surface area (Å²) >= 11 is 19.4. The number of carbonyl (C=O) groups is 2. The van der Waals surface area contributed by atoms with Gasteiger partial charge >= 0.3 is 27.7 Å². The Hall–Kier alpha value is 0.515. The maximum Gasteiger partial charge on any atom is 2.00 e. The average Bonchev–Trinajstić information content (AvgIpc) is 2.15. The molecule has 0 aromatic rings. The van der Waals surface area contributed by atoms with Crippen molar-refractivity contribution in [1.82, 2.24) is 0 Å². The van der Waals surface area contributed by atoms with Gasteiger partial charge in [0.05, 0.1) is 22.0 Å². The third-order valence-electron chi connectivity index (χ3n) is 0.582. The van der Waals surface area contributed by atoms with Crippen molar-refractivity contribution in [2.45, 2.75) is 0 Å². The van der Waals surface area contributed by atoms with Crippen molar-refractivity contribution in [3.8, 4) is 0 Å². The van der Waals surface area contributed by atoms with E-state index in [-0.39, 0.29) is 27.7 Å². The summed E-state index contributed by atoms with van der Waals surface area (Å²) in [4.78, 5) is 19.1. The second-order valence-corrected chi connectivity index (χ2v) is 2.74. The SMILES string of the molecule is O=C([O-])C(Cl)=CCl.O=C([O-])C(Cl)=CCl.[Hg+2]. The second kappa shape index (κ2) is 12.6. The normalized spacial score (nSPS) is 10.7. The van der Waals surface area contributed by atoms with E-state index in [0.717, 1.165) is 11.1 Å². The van der Waals surface area contributed by atoms with E-state index in [2.05, 4.69) is 0 Å². The molecule has 0 aromatic carbocycles. The molecule has 0 bridgehead atoms. The molecule has 0 saturated heterocycles. The molecule has 0 rings (SSSR count). The van der Waals surface area contributed by atoms with Gasteiger partial charge in [-0.05, 0) is 0 Å². The van der Waals surface area contributed by atoms with Crippen LogP contribution in [-0.2, 0) is 37.3 Å². The molecule has 0 saturated carbocycles. The van der Waals surface area contributed by atoms with E-state index in [0.29, 0.717) is 0 Å². The van der Waals surface area contributed by atoms with Gasteiger partial charge in [0.15, 0.2) is 0 Å². The van der Waals surface area contributed by atoms with Crippen molar-refractivity contribution in [2.75, 3.05) is 0 Å². The van der Waals surface area contributed by atoms with Gasteiger partial charge in [-0.2, -0.15) is 0 Å². The third kappa shape index (κ3) is 14.5. The Morgan fingerprint density at radius 3 is 1.07 bits per heavy atom. The molecule has 4 nitrogen and oxygen atoms in total. The average molecular weight is 480 g/mol. The Labute approximate surface area is 126 Å². The minimum atomic E-state index is -1.46. The molecular weight excluding hydrogens is 478 g/mol. The number of hydrogen-bond donors (Lipinski definition) is 0. The summed E-state index contributed by atoms with van der Waals surface area (Å²) in [5.74, 6) is -2.92. The van der Waals surface area contributed by atoms with Gasteiger partial charge in [-0.3, -0.25) is 0 Å². The van der Waals surface area contributed by atoms with Gasteiger partial charge in [0.1, 0.15) is 0 Å². The van der Waals surface area contributed by atoms with Gasteiger partial charge in [0.2, 0.25) is 0 Å². The summed E-state index contributed by atoms with van der Waals surface area (Å²) in [6.07, 6.45) is 0. The van der Waals surface area contributed by atoms with Gasteiger partial charge in [-0.25, -0.2) is 0 Å². The fourth-order valence-corrected chi connectivity index (χ4v) is 0.267. The number of aliphatic carboxylic acids is 2. The maximum absolute atomic E-state index is 9.53. The molecule has 0 N–H and O–H groups in total. The van der Waals surface area contributed by atoms with E-state index in [1.807, 2.05) is 0 Å². The fraction of sp³-hybridized carbons (Fsp3) is 0. The Morgan fingerprint density at radius 2 is 1.07 bits per heavy atom. The number of halogens is 4. The molecule has 0 unspecified atom stereocenters. The van der Waals surface area contributed by atoms with Crippen molar-refractivity contribution in [3.05, 3.63) is 21.1 Å². The summed E-state index contributed by atoms with van der Waals surface area (Å²) in [6.45, 7) is 0. The third-order valence-corrected chi connectivity index (χ3v) is 1.77. The summed E-state index contributed by atoms with van der Waals surface area (Å²) in [5, 5.41) is 18.1. The summed E-state index contributed by atoms with van der Waals surface area (Å²) < 4.78 is 0. The van der Waals surface area contributed by atoms with Crippen LogP contribution in [0.3, 0.4) is 0 Å². The minimum absolute atomic E-state index is 0. The molecule has 0 aliphatic heterocycles. The fourth-order valence-electron chi connectivity index (χ4n) is 0.0891. The van der Waals surface area contributed by atoms with E-state index in [1.54, 1.807) is 0 Å². The van der Waals surface area contributed by atoms with E-state index in [9.17, 15) is 19.8 Å². The van der Waals surface area contributed by atoms with Crippen LogP contribution >= 0.6 is 46.4 Å². The first-order valence-electron chi connectivity index (χ1n) is 2.71. The molecule has 0 aromatic heterocycles. The zero-order valence-corrected chi connectivity index (χ0v) is 15.5. The molecule has 0 heterocycles. The first-order valence-corrected chi connectivity index (χ1v) is 4.34. The molecular formula is C6H2Cl4HgO4. The molecule has 0 aliphatic rings. The van der Waals surface area contributed by atoms with Crippen LogP contribution in [0, 0.1) is 0 Å². The van der Waals surface area contributed by atoms with Crippen LogP contribution in [-0.4, -0.2) is 11.9 Å². The number of rotatable bonds is 2.